The first-order valence-corrected chi connectivity index (χ1v) is 7.47. The third-order valence-electron chi connectivity index (χ3n) is 3.09. The Morgan fingerprint density at radius 2 is 2.12 bits per heavy atom. The van der Waals surface area contributed by atoms with Crippen molar-refractivity contribution >= 4 is 23.4 Å². The Hall–Kier alpha value is -0.180. The van der Waals surface area contributed by atoms with Crippen LogP contribution in [0.2, 0.25) is 5.02 Å². The van der Waals surface area contributed by atoms with Crippen LogP contribution in [0.1, 0.15) is 25.8 Å². The van der Waals surface area contributed by atoms with Gasteiger partial charge in [-0.05, 0) is 35.3 Å². The summed E-state index contributed by atoms with van der Waals surface area (Å²) in [5.41, 5.74) is 0.756. The quantitative estimate of drug-likeness (QED) is 0.883. The normalized spacial score (nSPS) is 28.0. The zero-order valence-electron chi connectivity index (χ0n) is 10.4. The van der Waals surface area contributed by atoms with E-state index in [4.69, 9.17) is 11.6 Å². The molecule has 1 N–H and O–H groups in total. The number of rotatable bonds is 2. The van der Waals surface area contributed by atoms with Crippen molar-refractivity contribution in [1.82, 2.24) is 0 Å². The molecule has 1 unspecified atom stereocenters. The fraction of sp³-hybridized carbons (Fsp3) is 0.571. The molecule has 0 spiro atoms. The maximum Gasteiger partial charge on any atom is 0.0783 e. The molecule has 1 aliphatic heterocycles. The minimum absolute atomic E-state index is 0.218. The van der Waals surface area contributed by atoms with Gasteiger partial charge >= 0.3 is 0 Å². The Kier molecular flexibility index (Phi) is 3.77. The predicted molar refractivity (Wildman–Crippen MR) is 75.8 cm³/mol. The molecule has 3 heteroatoms. The lowest BCUT2D eigenvalue weighted by Crippen LogP contribution is -2.44. The van der Waals surface area contributed by atoms with Gasteiger partial charge in [-0.3, -0.25) is 0 Å². The number of aliphatic hydroxyl groups is 1. The molecule has 94 valence electrons. The number of hydrogen-bond acceptors (Lipinski definition) is 2. The topological polar surface area (TPSA) is 20.2 Å². The largest absolute Gasteiger partial charge is 0.389 e. The van der Waals surface area contributed by atoms with Crippen LogP contribution in [-0.2, 0) is 6.42 Å². The summed E-state index contributed by atoms with van der Waals surface area (Å²) >= 11 is 7.83. The molecular weight excluding hydrogens is 252 g/mol. The van der Waals surface area contributed by atoms with Crippen LogP contribution in [0.4, 0.5) is 0 Å². The molecule has 1 aromatic rings. The van der Waals surface area contributed by atoms with Crippen LogP contribution < -0.4 is 0 Å². The first-order valence-electron chi connectivity index (χ1n) is 5.93. The van der Waals surface area contributed by atoms with E-state index in [1.54, 1.807) is 0 Å². The van der Waals surface area contributed by atoms with E-state index < -0.39 is 5.60 Å². The van der Waals surface area contributed by atoms with Crippen molar-refractivity contribution < 1.29 is 5.11 Å². The van der Waals surface area contributed by atoms with E-state index in [0.717, 1.165) is 28.5 Å². The van der Waals surface area contributed by atoms with Crippen LogP contribution in [0.25, 0.3) is 0 Å². The van der Waals surface area contributed by atoms with Gasteiger partial charge in [0.1, 0.15) is 0 Å². The van der Waals surface area contributed by atoms with Gasteiger partial charge in [-0.1, -0.05) is 37.6 Å². The molecular formula is C14H19ClOS. The Labute approximate surface area is 113 Å². The van der Waals surface area contributed by atoms with Crippen molar-refractivity contribution in [3.05, 3.63) is 34.9 Å². The summed E-state index contributed by atoms with van der Waals surface area (Å²) in [6, 6.07) is 7.80. The Morgan fingerprint density at radius 1 is 1.35 bits per heavy atom. The van der Waals surface area contributed by atoms with Crippen LogP contribution in [-0.4, -0.2) is 22.2 Å². The second-order valence-corrected chi connectivity index (χ2v) is 7.29. The summed E-state index contributed by atoms with van der Waals surface area (Å²) in [6.07, 6.45) is 1.56. The summed E-state index contributed by atoms with van der Waals surface area (Å²) in [6.45, 7) is 4.45. The van der Waals surface area contributed by atoms with Crippen LogP contribution in [0.5, 0.6) is 0 Å². The fourth-order valence-electron chi connectivity index (χ4n) is 2.65. The van der Waals surface area contributed by atoms with Crippen LogP contribution in [0, 0.1) is 5.41 Å². The zero-order chi connectivity index (χ0) is 12.5. The van der Waals surface area contributed by atoms with Crippen LogP contribution in [0.15, 0.2) is 24.3 Å². The Morgan fingerprint density at radius 3 is 2.76 bits per heavy atom. The van der Waals surface area contributed by atoms with Gasteiger partial charge in [0.2, 0.25) is 0 Å². The summed E-state index contributed by atoms with van der Waals surface area (Å²) in [5.74, 6) is 1.95. The molecule has 1 aromatic carbocycles. The van der Waals surface area contributed by atoms with Crippen molar-refractivity contribution in [1.29, 1.82) is 0 Å². The lowest BCUT2D eigenvalue weighted by atomic mass is 9.79. The Balaban J connectivity index is 2.12. The van der Waals surface area contributed by atoms with Crippen molar-refractivity contribution in [2.45, 2.75) is 32.3 Å². The van der Waals surface area contributed by atoms with Crippen LogP contribution in [0.3, 0.4) is 0 Å². The molecule has 17 heavy (non-hydrogen) atoms. The molecule has 1 saturated heterocycles. The summed E-state index contributed by atoms with van der Waals surface area (Å²) in [5, 5.41) is 11.4. The van der Waals surface area contributed by atoms with E-state index in [2.05, 4.69) is 13.8 Å². The number of benzene rings is 1. The van der Waals surface area contributed by atoms with E-state index >= 15 is 0 Å². The zero-order valence-corrected chi connectivity index (χ0v) is 11.9. The third-order valence-corrected chi connectivity index (χ3v) is 5.06. The van der Waals surface area contributed by atoms with Gasteiger partial charge in [0, 0.05) is 17.2 Å². The van der Waals surface area contributed by atoms with E-state index in [1.807, 2.05) is 36.0 Å². The summed E-state index contributed by atoms with van der Waals surface area (Å²) in [7, 11) is 0. The molecule has 1 nitrogen and oxygen atoms in total. The number of hydrogen-bond donors (Lipinski definition) is 1. The number of halogens is 1. The average Bonchev–Trinajstić information content (AvgIpc) is 2.14. The van der Waals surface area contributed by atoms with Crippen molar-refractivity contribution in [2.75, 3.05) is 11.5 Å². The highest BCUT2D eigenvalue weighted by Crippen LogP contribution is 2.40. The van der Waals surface area contributed by atoms with Gasteiger partial charge in [-0.15, -0.1) is 0 Å². The van der Waals surface area contributed by atoms with Gasteiger partial charge < -0.3 is 5.11 Å². The lowest BCUT2D eigenvalue weighted by Gasteiger charge is -2.41. The molecule has 0 radical (unpaired) electrons. The first kappa shape index (κ1) is 13.3. The molecule has 1 aliphatic rings. The van der Waals surface area contributed by atoms with Gasteiger partial charge in [0.25, 0.3) is 0 Å². The molecule has 0 saturated carbocycles. The maximum absolute atomic E-state index is 10.7. The Bertz CT molecular complexity index is 405. The second kappa shape index (κ2) is 4.83. The van der Waals surface area contributed by atoms with Crippen molar-refractivity contribution in [2.24, 2.45) is 5.41 Å². The maximum atomic E-state index is 10.7. The van der Waals surface area contributed by atoms with Gasteiger partial charge in [-0.2, -0.15) is 11.8 Å². The minimum Gasteiger partial charge on any atom is -0.389 e. The SMILES string of the molecule is CC1(C)CSCC(O)(Cc2cccc(Cl)c2)C1. The third kappa shape index (κ3) is 3.64. The van der Waals surface area contributed by atoms with Gasteiger partial charge in [0.05, 0.1) is 5.60 Å². The molecule has 0 amide bonds. The molecule has 2 rings (SSSR count). The highest BCUT2D eigenvalue weighted by molar-refractivity contribution is 7.99. The van der Waals surface area contributed by atoms with E-state index in [0.29, 0.717) is 6.42 Å². The molecule has 0 aromatic heterocycles. The molecule has 1 heterocycles. The van der Waals surface area contributed by atoms with E-state index in [9.17, 15) is 5.11 Å². The minimum atomic E-state index is -0.586. The fourth-order valence-corrected chi connectivity index (χ4v) is 4.20. The van der Waals surface area contributed by atoms with Crippen molar-refractivity contribution in [3.63, 3.8) is 0 Å². The van der Waals surface area contributed by atoms with Gasteiger partial charge in [0.15, 0.2) is 0 Å². The lowest BCUT2D eigenvalue weighted by molar-refractivity contribution is 0.0200. The summed E-state index contributed by atoms with van der Waals surface area (Å²) < 4.78 is 0. The van der Waals surface area contributed by atoms with E-state index in [1.165, 1.54) is 0 Å². The smallest absolute Gasteiger partial charge is 0.0783 e. The molecule has 0 aliphatic carbocycles. The number of thioether (sulfide) groups is 1. The van der Waals surface area contributed by atoms with Crippen molar-refractivity contribution in [3.8, 4) is 0 Å². The van der Waals surface area contributed by atoms with E-state index in [-0.39, 0.29) is 5.41 Å². The molecule has 0 bridgehead atoms. The highest BCUT2D eigenvalue weighted by Gasteiger charge is 2.38. The van der Waals surface area contributed by atoms with Crippen LogP contribution >= 0.6 is 23.4 Å². The average molecular weight is 271 g/mol. The molecule has 1 atom stereocenters. The van der Waals surface area contributed by atoms with Gasteiger partial charge in [-0.25, -0.2) is 0 Å². The molecule has 1 fully saturated rings. The second-order valence-electron chi connectivity index (χ2n) is 5.86. The summed E-state index contributed by atoms with van der Waals surface area (Å²) in [4.78, 5) is 0. The monoisotopic (exact) mass is 270 g/mol. The standard InChI is InChI=1S/C14H19ClOS/c1-13(2)8-14(16,10-17-9-13)7-11-4-3-5-12(15)6-11/h3-6,16H,7-10H2,1-2H3. The predicted octanol–water partition coefficient (Wildman–Crippen LogP) is 3.78. The highest BCUT2D eigenvalue weighted by atomic mass is 35.5. The first-order chi connectivity index (χ1) is 7.89.